The van der Waals surface area contributed by atoms with Gasteiger partial charge in [-0.3, -0.25) is 15.2 Å². The van der Waals surface area contributed by atoms with E-state index in [4.69, 9.17) is 9.47 Å². The third-order valence-corrected chi connectivity index (χ3v) is 3.91. The number of anilines is 1. The van der Waals surface area contributed by atoms with Crippen LogP contribution in [0.3, 0.4) is 0 Å². The number of aromatic amines is 1. The molecule has 0 unspecified atom stereocenters. The highest BCUT2D eigenvalue weighted by Gasteiger charge is 2.11. The lowest BCUT2D eigenvalue weighted by Crippen LogP contribution is -2.09. The number of halogens is 2. The maximum Gasteiger partial charge on any atom is 0.387 e. The second-order valence-corrected chi connectivity index (χ2v) is 5.85. The minimum Gasteiger partial charge on any atom is -0.493 e. The molecule has 1 aromatic heterocycles. The van der Waals surface area contributed by atoms with Crippen molar-refractivity contribution in [3.63, 3.8) is 0 Å². The van der Waals surface area contributed by atoms with Crippen LogP contribution >= 0.6 is 0 Å². The Kier molecular flexibility index (Phi) is 6.58. The van der Waals surface area contributed by atoms with E-state index in [0.29, 0.717) is 28.5 Å². The van der Waals surface area contributed by atoms with Gasteiger partial charge >= 0.3 is 6.61 Å². The molecule has 30 heavy (non-hydrogen) atoms. The molecule has 0 aliphatic carbocycles. The number of carbonyl (C=O) groups excluding carboxylic acids is 1. The molecule has 156 valence electrons. The molecule has 0 bridgehead atoms. The summed E-state index contributed by atoms with van der Waals surface area (Å²) in [5, 5.41) is 9.24. The van der Waals surface area contributed by atoms with E-state index in [1.165, 1.54) is 31.4 Å². The highest BCUT2D eigenvalue weighted by Crippen LogP contribution is 2.31. The Morgan fingerprint density at radius 2 is 1.83 bits per heavy atom. The Morgan fingerprint density at radius 3 is 2.50 bits per heavy atom. The molecule has 2 N–H and O–H groups in total. The number of amides is 1. The molecule has 1 amide bonds. The zero-order valence-electron chi connectivity index (χ0n) is 16.1. The van der Waals surface area contributed by atoms with Gasteiger partial charge in [0.2, 0.25) is 5.95 Å². The fourth-order valence-corrected chi connectivity index (χ4v) is 2.51. The van der Waals surface area contributed by atoms with E-state index < -0.39 is 12.5 Å². The lowest BCUT2D eigenvalue weighted by Gasteiger charge is -2.07. The monoisotopic (exact) mass is 416 g/mol. The van der Waals surface area contributed by atoms with Gasteiger partial charge in [0, 0.05) is 11.6 Å². The first-order valence-electron chi connectivity index (χ1n) is 8.67. The molecule has 2 aromatic carbocycles. The number of nitrogens with one attached hydrogen (secondary N) is 2. The van der Waals surface area contributed by atoms with Crippen LogP contribution in [0.4, 0.5) is 14.7 Å². The van der Waals surface area contributed by atoms with Crippen molar-refractivity contribution in [1.82, 2.24) is 15.2 Å². The van der Waals surface area contributed by atoms with E-state index in [2.05, 4.69) is 25.2 Å². The summed E-state index contributed by atoms with van der Waals surface area (Å²) in [5.41, 5.74) is 1.33. The fraction of sp³-hybridized carbons (Fsp3) is 0.150. The SMILES string of the molecule is COc1ccc(-c2nc(NC(=O)/C=C/c3ccc(OC(F)F)cc3)n[nH]2)cc1OC. The van der Waals surface area contributed by atoms with Crippen LogP contribution in [0.15, 0.2) is 48.5 Å². The molecule has 0 spiro atoms. The molecule has 1 heterocycles. The second-order valence-electron chi connectivity index (χ2n) is 5.85. The van der Waals surface area contributed by atoms with Crippen molar-refractivity contribution in [2.24, 2.45) is 0 Å². The third-order valence-electron chi connectivity index (χ3n) is 3.91. The number of hydrogen-bond donors (Lipinski definition) is 2. The van der Waals surface area contributed by atoms with E-state index in [0.717, 1.165) is 0 Å². The number of methoxy groups -OCH3 is 2. The largest absolute Gasteiger partial charge is 0.493 e. The van der Waals surface area contributed by atoms with Crippen molar-refractivity contribution in [2.75, 3.05) is 19.5 Å². The van der Waals surface area contributed by atoms with Crippen molar-refractivity contribution in [2.45, 2.75) is 6.61 Å². The van der Waals surface area contributed by atoms with E-state index in [-0.39, 0.29) is 11.7 Å². The lowest BCUT2D eigenvalue weighted by atomic mass is 10.2. The standard InChI is InChI=1S/C20H18F2N4O4/c1-28-15-9-6-13(11-16(15)29-2)18-24-20(26-25-18)23-17(27)10-5-12-3-7-14(8-4-12)30-19(21)22/h3-11,19H,1-2H3,(H2,23,24,25,26,27)/b10-5+. The molecule has 3 aromatic rings. The summed E-state index contributed by atoms with van der Waals surface area (Å²) < 4.78 is 39.0. The van der Waals surface area contributed by atoms with Crippen molar-refractivity contribution >= 4 is 17.9 Å². The van der Waals surface area contributed by atoms with Crippen LogP contribution in [0.5, 0.6) is 17.2 Å². The molecule has 0 atom stereocenters. The van der Waals surface area contributed by atoms with Gasteiger partial charge < -0.3 is 14.2 Å². The topological polar surface area (TPSA) is 98.4 Å². The normalized spacial score (nSPS) is 11.0. The van der Waals surface area contributed by atoms with Crippen molar-refractivity contribution in [1.29, 1.82) is 0 Å². The molecule has 0 radical (unpaired) electrons. The summed E-state index contributed by atoms with van der Waals surface area (Å²) in [5.74, 6) is 1.22. The predicted octanol–water partition coefficient (Wildman–Crippen LogP) is 3.74. The maximum absolute atomic E-state index is 12.1. The molecule has 0 saturated heterocycles. The summed E-state index contributed by atoms with van der Waals surface area (Å²) in [6.07, 6.45) is 2.79. The Morgan fingerprint density at radius 1 is 1.10 bits per heavy atom. The molecular weight excluding hydrogens is 398 g/mol. The molecular formula is C20H18F2N4O4. The molecule has 3 rings (SSSR count). The first-order valence-corrected chi connectivity index (χ1v) is 8.67. The van der Waals surface area contributed by atoms with Crippen LogP contribution in [0, 0.1) is 0 Å². The van der Waals surface area contributed by atoms with Gasteiger partial charge in [-0.15, -0.1) is 5.10 Å². The van der Waals surface area contributed by atoms with Crippen molar-refractivity contribution in [3.05, 3.63) is 54.1 Å². The van der Waals surface area contributed by atoms with Crippen LogP contribution in [0.1, 0.15) is 5.56 Å². The summed E-state index contributed by atoms with van der Waals surface area (Å²) in [7, 11) is 3.07. The van der Waals surface area contributed by atoms with Crippen LogP contribution in [-0.4, -0.2) is 41.9 Å². The summed E-state index contributed by atoms with van der Waals surface area (Å²) >= 11 is 0. The number of H-pyrrole nitrogens is 1. The van der Waals surface area contributed by atoms with Gasteiger partial charge in [0.25, 0.3) is 5.91 Å². The third kappa shape index (κ3) is 5.31. The van der Waals surface area contributed by atoms with Gasteiger partial charge in [-0.2, -0.15) is 13.8 Å². The van der Waals surface area contributed by atoms with Crippen LogP contribution in [0.25, 0.3) is 17.5 Å². The fourth-order valence-electron chi connectivity index (χ4n) is 2.51. The highest BCUT2D eigenvalue weighted by molar-refractivity contribution is 6.01. The number of benzene rings is 2. The zero-order valence-corrected chi connectivity index (χ0v) is 16.1. The number of nitrogens with zero attached hydrogens (tertiary/aromatic N) is 2. The number of hydrogen-bond acceptors (Lipinski definition) is 6. The lowest BCUT2D eigenvalue weighted by molar-refractivity contribution is -0.111. The first kappa shape index (κ1) is 20.8. The molecule has 0 saturated carbocycles. The van der Waals surface area contributed by atoms with E-state index in [1.54, 1.807) is 37.4 Å². The number of alkyl halides is 2. The predicted molar refractivity (Wildman–Crippen MR) is 106 cm³/mol. The average molecular weight is 416 g/mol. The van der Waals surface area contributed by atoms with Gasteiger partial charge in [-0.1, -0.05) is 12.1 Å². The Bertz CT molecular complexity index is 1040. The number of carbonyl (C=O) groups is 1. The smallest absolute Gasteiger partial charge is 0.387 e. The average Bonchev–Trinajstić information content (AvgIpc) is 3.20. The highest BCUT2D eigenvalue weighted by atomic mass is 19.3. The minimum atomic E-state index is -2.89. The van der Waals surface area contributed by atoms with Gasteiger partial charge in [0.15, 0.2) is 17.3 Å². The van der Waals surface area contributed by atoms with E-state index >= 15 is 0 Å². The number of ether oxygens (including phenoxy) is 3. The summed E-state index contributed by atoms with van der Waals surface area (Å²) in [4.78, 5) is 16.3. The van der Waals surface area contributed by atoms with Crippen LogP contribution in [-0.2, 0) is 4.79 Å². The Balaban J connectivity index is 1.63. The summed E-state index contributed by atoms with van der Waals surface area (Å²) in [6.45, 7) is -2.89. The van der Waals surface area contributed by atoms with Crippen molar-refractivity contribution in [3.8, 4) is 28.6 Å². The maximum atomic E-state index is 12.1. The number of rotatable bonds is 8. The van der Waals surface area contributed by atoms with E-state index in [1.807, 2.05) is 0 Å². The molecule has 0 aliphatic rings. The van der Waals surface area contributed by atoms with Gasteiger partial charge in [0.1, 0.15) is 5.75 Å². The molecule has 0 aliphatic heterocycles. The van der Waals surface area contributed by atoms with Crippen LogP contribution < -0.4 is 19.5 Å². The van der Waals surface area contributed by atoms with Gasteiger partial charge in [-0.05, 0) is 42.0 Å². The van der Waals surface area contributed by atoms with Gasteiger partial charge in [-0.25, -0.2) is 0 Å². The molecule has 8 nitrogen and oxygen atoms in total. The Labute approximate surface area is 170 Å². The van der Waals surface area contributed by atoms with Crippen molar-refractivity contribution < 1.29 is 27.8 Å². The number of aromatic nitrogens is 3. The van der Waals surface area contributed by atoms with Gasteiger partial charge in [0.05, 0.1) is 14.2 Å². The molecule has 0 fully saturated rings. The Hall–Kier alpha value is -3.95. The van der Waals surface area contributed by atoms with E-state index in [9.17, 15) is 13.6 Å². The minimum absolute atomic E-state index is 0.0371. The second kappa shape index (κ2) is 9.50. The first-order chi connectivity index (χ1) is 14.5. The molecule has 10 heteroatoms. The van der Waals surface area contributed by atoms with Crippen LogP contribution in [0.2, 0.25) is 0 Å². The quantitative estimate of drug-likeness (QED) is 0.543. The summed E-state index contributed by atoms with van der Waals surface area (Å²) in [6, 6.07) is 11.1. The zero-order chi connectivity index (χ0) is 21.5.